The number of hydrogen-bond acceptors (Lipinski definition) is 2. The highest BCUT2D eigenvalue weighted by Crippen LogP contribution is 2.23. The molecule has 0 amide bonds. The first-order valence-corrected chi connectivity index (χ1v) is 7.29. The lowest BCUT2D eigenvalue weighted by Crippen LogP contribution is -2.01. The van der Waals surface area contributed by atoms with Gasteiger partial charge in [-0.3, -0.25) is 4.98 Å². The summed E-state index contributed by atoms with van der Waals surface area (Å²) in [5, 5.41) is 12.2. The molecule has 3 rings (SSSR count). The number of benzene rings is 2. The van der Waals surface area contributed by atoms with E-state index in [0.717, 1.165) is 27.7 Å². The Hall–Kier alpha value is -1.90. The number of pyridine rings is 1. The van der Waals surface area contributed by atoms with Gasteiger partial charge in [-0.25, -0.2) is 0 Å². The minimum absolute atomic E-state index is 0.531. The standard InChI is InChI=1S/C18H16ClNO/c1-12-2-5-14-11-15(6-9-17(14)20-12)18(21)10-13-3-7-16(19)8-4-13/h2-9,11,18,21H,10H2,1H3. The maximum atomic E-state index is 10.4. The predicted molar refractivity (Wildman–Crippen MR) is 86.6 cm³/mol. The van der Waals surface area contributed by atoms with Gasteiger partial charge >= 0.3 is 0 Å². The normalized spacial score (nSPS) is 12.5. The van der Waals surface area contributed by atoms with Crippen LogP contribution in [0.3, 0.4) is 0 Å². The highest BCUT2D eigenvalue weighted by atomic mass is 35.5. The van der Waals surface area contributed by atoms with E-state index >= 15 is 0 Å². The minimum atomic E-state index is -0.531. The molecule has 1 atom stereocenters. The van der Waals surface area contributed by atoms with E-state index in [0.29, 0.717) is 11.4 Å². The largest absolute Gasteiger partial charge is 0.388 e. The topological polar surface area (TPSA) is 33.1 Å². The third-order valence-electron chi connectivity index (χ3n) is 3.58. The highest BCUT2D eigenvalue weighted by Gasteiger charge is 2.09. The first-order chi connectivity index (χ1) is 10.1. The van der Waals surface area contributed by atoms with E-state index in [2.05, 4.69) is 4.98 Å². The second-order valence-electron chi connectivity index (χ2n) is 5.25. The molecule has 1 unspecified atom stereocenters. The van der Waals surface area contributed by atoms with Crippen LogP contribution in [0.15, 0.2) is 54.6 Å². The van der Waals surface area contributed by atoms with Gasteiger partial charge in [0, 0.05) is 22.5 Å². The van der Waals surface area contributed by atoms with Crippen molar-refractivity contribution in [2.24, 2.45) is 0 Å². The number of aliphatic hydroxyl groups excluding tert-OH is 1. The van der Waals surface area contributed by atoms with Crippen LogP contribution >= 0.6 is 11.6 Å². The summed E-state index contributed by atoms with van der Waals surface area (Å²) < 4.78 is 0. The van der Waals surface area contributed by atoms with Crippen molar-refractivity contribution in [1.82, 2.24) is 4.98 Å². The molecular formula is C18H16ClNO. The summed E-state index contributed by atoms with van der Waals surface area (Å²) >= 11 is 5.87. The van der Waals surface area contributed by atoms with E-state index < -0.39 is 6.10 Å². The van der Waals surface area contributed by atoms with Gasteiger partial charge in [0.05, 0.1) is 11.6 Å². The van der Waals surface area contributed by atoms with Crippen molar-refractivity contribution in [3.05, 3.63) is 76.4 Å². The van der Waals surface area contributed by atoms with E-state index in [1.807, 2.05) is 61.5 Å². The summed E-state index contributed by atoms with van der Waals surface area (Å²) in [5.74, 6) is 0. The van der Waals surface area contributed by atoms with E-state index in [4.69, 9.17) is 11.6 Å². The molecule has 0 bridgehead atoms. The van der Waals surface area contributed by atoms with Gasteiger partial charge in [-0.05, 0) is 48.4 Å². The second kappa shape index (κ2) is 5.84. The van der Waals surface area contributed by atoms with Crippen molar-refractivity contribution >= 4 is 22.5 Å². The summed E-state index contributed by atoms with van der Waals surface area (Å²) in [4.78, 5) is 4.47. The van der Waals surface area contributed by atoms with Crippen LogP contribution in [0.2, 0.25) is 5.02 Å². The number of aromatic nitrogens is 1. The molecule has 0 aliphatic carbocycles. The third kappa shape index (κ3) is 3.23. The zero-order valence-electron chi connectivity index (χ0n) is 11.8. The third-order valence-corrected chi connectivity index (χ3v) is 3.83. The smallest absolute Gasteiger partial charge is 0.0830 e. The van der Waals surface area contributed by atoms with Gasteiger partial charge in [0.25, 0.3) is 0 Å². The number of halogens is 1. The number of fused-ring (bicyclic) bond motifs is 1. The lowest BCUT2D eigenvalue weighted by molar-refractivity contribution is 0.178. The molecule has 0 aliphatic heterocycles. The maximum Gasteiger partial charge on any atom is 0.0830 e. The van der Waals surface area contributed by atoms with Crippen LogP contribution in [0.25, 0.3) is 10.9 Å². The average Bonchev–Trinajstić information content (AvgIpc) is 2.49. The molecule has 2 aromatic carbocycles. The summed E-state index contributed by atoms with van der Waals surface area (Å²) in [6.07, 6.45) is 0.0407. The zero-order chi connectivity index (χ0) is 14.8. The fourth-order valence-corrected chi connectivity index (χ4v) is 2.54. The highest BCUT2D eigenvalue weighted by molar-refractivity contribution is 6.30. The Kier molecular flexibility index (Phi) is 3.91. The SMILES string of the molecule is Cc1ccc2cc(C(O)Cc3ccc(Cl)cc3)ccc2n1. The molecule has 0 spiro atoms. The van der Waals surface area contributed by atoms with Crippen LogP contribution in [0, 0.1) is 6.92 Å². The second-order valence-corrected chi connectivity index (χ2v) is 5.69. The van der Waals surface area contributed by atoms with Crippen LogP contribution in [-0.4, -0.2) is 10.1 Å². The molecule has 106 valence electrons. The molecule has 3 heteroatoms. The van der Waals surface area contributed by atoms with Crippen molar-refractivity contribution in [3.8, 4) is 0 Å². The van der Waals surface area contributed by atoms with Crippen LogP contribution in [0.4, 0.5) is 0 Å². The molecule has 21 heavy (non-hydrogen) atoms. The van der Waals surface area contributed by atoms with Crippen LogP contribution in [0.5, 0.6) is 0 Å². The van der Waals surface area contributed by atoms with E-state index in [1.165, 1.54) is 0 Å². The molecule has 2 nitrogen and oxygen atoms in total. The first-order valence-electron chi connectivity index (χ1n) is 6.91. The zero-order valence-corrected chi connectivity index (χ0v) is 12.5. The van der Waals surface area contributed by atoms with Gasteiger partial charge in [-0.1, -0.05) is 35.9 Å². The van der Waals surface area contributed by atoms with Crippen molar-refractivity contribution in [2.45, 2.75) is 19.4 Å². The van der Waals surface area contributed by atoms with Gasteiger partial charge in [0.15, 0.2) is 0 Å². The predicted octanol–water partition coefficient (Wildman–Crippen LogP) is 4.47. The summed E-state index contributed by atoms with van der Waals surface area (Å²) in [6, 6.07) is 17.5. The Balaban J connectivity index is 1.85. The van der Waals surface area contributed by atoms with Gasteiger partial charge in [-0.15, -0.1) is 0 Å². The molecule has 0 fully saturated rings. The van der Waals surface area contributed by atoms with E-state index in [1.54, 1.807) is 0 Å². The molecule has 1 aromatic heterocycles. The molecular weight excluding hydrogens is 282 g/mol. The quantitative estimate of drug-likeness (QED) is 0.773. The number of nitrogens with zero attached hydrogens (tertiary/aromatic N) is 1. The number of rotatable bonds is 3. The lowest BCUT2D eigenvalue weighted by Gasteiger charge is -2.12. The average molecular weight is 298 g/mol. The van der Waals surface area contributed by atoms with Crippen LogP contribution < -0.4 is 0 Å². The van der Waals surface area contributed by atoms with Gasteiger partial charge in [0.2, 0.25) is 0 Å². The summed E-state index contributed by atoms with van der Waals surface area (Å²) in [7, 11) is 0. The van der Waals surface area contributed by atoms with Crippen LogP contribution in [0.1, 0.15) is 22.9 Å². The summed E-state index contributed by atoms with van der Waals surface area (Å²) in [5.41, 5.74) is 3.92. The molecule has 1 N–H and O–H groups in total. The van der Waals surface area contributed by atoms with E-state index in [9.17, 15) is 5.11 Å². The fraction of sp³-hybridized carbons (Fsp3) is 0.167. The Morgan fingerprint density at radius 1 is 1.05 bits per heavy atom. The Morgan fingerprint density at radius 2 is 1.81 bits per heavy atom. The van der Waals surface area contributed by atoms with Gasteiger partial charge < -0.3 is 5.11 Å². The number of hydrogen-bond donors (Lipinski definition) is 1. The van der Waals surface area contributed by atoms with Crippen molar-refractivity contribution in [3.63, 3.8) is 0 Å². The summed E-state index contributed by atoms with van der Waals surface area (Å²) in [6.45, 7) is 1.97. The molecule has 0 saturated carbocycles. The fourth-order valence-electron chi connectivity index (χ4n) is 2.41. The van der Waals surface area contributed by atoms with Crippen molar-refractivity contribution in [1.29, 1.82) is 0 Å². The number of aryl methyl sites for hydroxylation is 1. The maximum absolute atomic E-state index is 10.4. The lowest BCUT2D eigenvalue weighted by atomic mass is 10.00. The monoisotopic (exact) mass is 297 g/mol. The molecule has 0 saturated heterocycles. The van der Waals surface area contributed by atoms with Crippen LogP contribution in [-0.2, 0) is 6.42 Å². The first kappa shape index (κ1) is 14.1. The van der Waals surface area contributed by atoms with E-state index in [-0.39, 0.29) is 0 Å². The van der Waals surface area contributed by atoms with Gasteiger partial charge in [-0.2, -0.15) is 0 Å². The Bertz CT molecular complexity index is 768. The molecule has 1 heterocycles. The van der Waals surface area contributed by atoms with Gasteiger partial charge in [0.1, 0.15) is 0 Å². The molecule has 0 aliphatic rings. The number of aliphatic hydroxyl groups is 1. The van der Waals surface area contributed by atoms with Crippen molar-refractivity contribution < 1.29 is 5.11 Å². The Labute approximate surface area is 129 Å². The molecule has 0 radical (unpaired) electrons. The Morgan fingerprint density at radius 3 is 2.57 bits per heavy atom. The molecule has 3 aromatic rings. The van der Waals surface area contributed by atoms with Crippen molar-refractivity contribution in [2.75, 3.05) is 0 Å². The minimum Gasteiger partial charge on any atom is -0.388 e.